The fraction of sp³-hybridized carbons (Fsp3) is 0.500. The summed E-state index contributed by atoms with van der Waals surface area (Å²) in [6.07, 6.45) is 5.54. The van der Waals surface area contributed by atoms with Crippen LogP contribution in [0.15, 0.2) is 18.2 Å². The molecule has 0 aromatic heterocycles. The maximum atomic E-state index is 5.90. The summed E-state index contributed by atoms with van der Waals surface area (Å²) in [5, 5.41) is 0. The zero-order valence-electron chi connectivity index (χ0n) is 11.5. The van der Waals surface area contributed by atoms with Crippen molar-refractivity contribution in [2.75, 3.05) is 6.61 Å². The Balaban J connectivity index is 3.18. The average Bonchev–Trinajstić information content (AvgIpc) is 2.24. The van der Waals surface area contributed by atoms with Crippen LogP contribution in [0.5, 0.6) is 5.75 Å². The summed E-state index contributed by atoms with van der Waals surface area (Å²) in [6, 6.07) is 6.03. The van der Waals surface area contributed by atoms with Gasteiger partial charge in [-0.15, -0.1) is 6.42 Å². The highest BCUT2D eigenvalue weighted by molar-refractivity contribution is 5.52. The van der Waals surface area contributed by atoms with Crippen LogP contribution in [-0.2, 0) is 5.41 Å². The Labute approximate surface area is 105 Å². The summed E-state index contributed by atoms with van der Waals surface area (Å²) < 4.78 is 5.90. The van der Waals surface area contributed by atoms with Crippen molar-refractivity contribution in [2.24, 2.45) is 5.92 Å². The van der Waals surface area contributed by atoms with Gasteiger partial charge in [-0.1, -0.05) is 52.7 Å². The minimum Gasteiger partial charge on any atom is -0.492 e. The summed E-state index contributed by atoms with van der Waals surface area (Å²) in [7, 11) is 0. The highest BCUT2D eigenvalue weighted by atomic mass is 16.5. The van der Waals surface area contributed by atoms with E-state index in [1.807, 2.05) is 12.1 Å². The molecule has 0 radical (unpaired) electrons. The van der Waals surface area contributed by atoms with Gasteiger partial charge in [0.15, 0.2) is 0 Å². The van der Waals surface area contributed by atoms with Gasteiger partial charge >= 0.3 is 0 Å². The number of rotatable bonds is 3. The second-order valence-corrected chi connectivity index (χ2v) is 5.78. The lowest BCUT2D eigenvalue weighted by Crippen LogP contribution is -2.16. The molecular formula is C16H22O. The number of hydrogen-bond acceptors (Lipinski definition) is 1. The molecule has 0 aliphatic rings. The fourth-order valence-electron chi connectivity index (χ4n) is 1.65. The monoisotopic (exact) mass is 230 g/mol. The molecule has 0 bridgehead atoms. The van der Waals surface area contributed by atoms with E-state index < -0.39 is 0 Å². The summed E-state index contributed by atoms with van der Waals surface area (Å²) in [5.74, 6) is 4.07. The van der Waals surface area contributed by atoms with E-state index in [1.165, 1.54) is 5.56 Å². The molecule has 0 spiro atoms. The first-order chi connectivity index (χ1) is 7.86. The molecule has 1 heteroatoms. The topological polar surface area (TPSA) is 9.23 Å². The van der Waals surface area contributed by atoms with E-state index in [-0.39, 0.29) is 5.41 Å². The van der Waals surface area contributed by atoms with Crippen LogP contribution in [0.3, 0.4) is 0 Å². The third-order valence-electron chi connectivity index (χ3n) is 2.54. The molecule has 0 amide bonds. The number of terminal acetylenes is 1. The summed E-state index contributed by atoms with van der Waals surface area (Å²) in [6.45, 7) is 11.5. The SMILES string of the molecule is C#Cc1cccc(C(C)(C)C)c1OCC(C)C. The van der Waals surface area contributed by atoms with Crippen LogP contribution in [0, 0.1) is 18.3 Å². The highest BCUT2D eigenvalue weighted by Gasteiger charge is 2.20. The Kier molecular flexibility index (Phi) is 4.23. The van der Waals surface area contributed by atoms with Gasteiger partial charge in [0.25, 0.3) is 0 Å². The Morgan fingerprint density at radius 2 is 1.94 bits per heavy atom. The Hall–Kier alpha value is -1.42. The van der Waals surface area contributed by atoms with Crippen molar-refractivity contribution in [1.29, 1.82) is 0 Å². The van der Waals surface area contributed by atoms with Gasteiger partial charge in [-0.2, -0.15) is 0 Å². The van der Waals surface area contributed by atoms with Gasteiger partial charge in [0.2, 0.25) is 0 Å². The normalized spacial score (nSPS) is 11.4. The molecule has 1 aromatic rings. The van der Waals surface area contributed by atoms with Gasteiger partial charge in [0.1, 0.15) is 5.75 Å². The largest absolute Gasteiger partial charge is 0.492 e. The van der Waals surface area contributed by atoms with Gasteiger partial charge in [-0.25, -0.2) is 0 Å². The van der Waals surface area contributed by atoms with Crippen LogP contribution in [-0.4, -0.2) is 6.61 Å². The molecule has 1 nitrogen and oxygen atoms in total. The third-order valence-corrected chi connectivity index (χ3v) is 2.54. The molecular weight excluding hydrogens is 208 g/mol. The van der Waals surface area contributed by atoms with Crippen molar-refractivity contribution in [1.82, 2.24) is 0 Å². The first kappa shape index (κ1) is 13.6. The molecule has 0 saturated carbocycles. The van der Waals surface area contributed by atoms with Crippen LogP contribution >= 0.6 is 0 Å². The van der Waals surface area contributed by atoms with E-state index in [9.17, 15) is 0 Å². The number of ether oxygens (including phenoxy) is 1. The lowest BCUT2D eigenvalue weighted by molar-refractivity contribution is 0.264. The van der Waals surface area contributed by atoms with Crippen LogP contribution < -0.4 is 4.74 Å². The first-order valence-electron chi connectivity index (χ1n) is 6.09. The van der Waals surface area contributed by atoms with E-state index in [0.717, 1.165) is 11.3 Å². The number of benzene rings is 1. The molecule has 0 saturated heterocycles. The molecule has 1 aromatic carbocycles. The van der Waals surface area contributed by atoms with Crippen LogP contribution in [0.2, 0.25) is 0 Å². The average molecular weight is 230 g/mol. The van der Waals surface area contributed by atoms with E-state index in [2.05, 4.69) is 46.6 Å². The predicted octanol–water partition coefficient (Wildman–Crippen LogP) is 4.00. The smallest absolute Gasteiger partial charge is 0.138 e. The Bertz CT molecular complexity index is 416. The van der Waals surface area contributed by atoms with E-state index in [0.29, 0.717) is 12.5 Å². The van der Waals surface area contributed by atoms with Gasteiger partial charge in [-0.3, -0.25) is 0 Å². The van der Waals surface area contributed by atoms with Gasteiger partial charge in [0, 0.05) is 5.56 Å². The minimum atomic E-state index is 0.0408. The molecule has 92 valence electrons. The van der Waals surface area contributed by atoms with Crippen molar-refractivity contribution >= 4 is 0 Å². The fourth-order valence-corrected chi connectivity index (χ4v) is 1.65. The molecule has 1 rings (SSSR count). The van der Waals surface area contributed by atoms with Crippen LogP contribution in [0.4, 0.5) is 0 Å². The van der Waals surface area contributed by atoms with Crippen molar-refractivity contribution in [3.63, 3.8) is 0 Å². The first-order valence-corrected chi connectivity index (χ1v) is 6.09. The molecule has 0 atom stereocenters. The van der Waals surface area contributed by atoms with Crippen molar-refractivity contribution in [3.8, 4) is 18.1 Å². The predicted molar refractivity (Wildman–Crippen MR) is 73.4 cm³/mol. The maximum absolute atomic E-state index is 5.90. The zero-order chi connectivity index (χ0) is 13.1. The van der Waals surface area contributed by atoms with Crippen molar-refractivity contribution in [3.05, 3.63) is 29.3 Å². The Morgan fingerprint density at radius 1 is 1.29 bits per heavy atom. The van der Waals surface area contributed by atoms with Crippen LogP contribution in [0.1, 0.15) is 45.7 Å². The zero-order valence-corrected chi connectivity index (χ0v) is 11.5. The Morgan fingerprint density at radius 3 is 2.41 bits per heavy atom. The molecule has 0 fully saturated rings. The van der Waals surface area contributed by atoms with Gasteiger partial charge in [0.05, 0.1) is 12.2 Å². The highest BCUT2D eigenvalue weighted by Crippen LogP contribution is 2.34. The molecule has 0 N–H and O–H groups in total. The van der Waals surface area contributed by atoms with Gasteiger partial charge in [-0.05, 0) is 17.4 Å². The van der Waals surface area contributed by atoms with E-state index in [1.54, 1.807) is 0 Å². The third kappa shape index (κ3) is 3.53. The number of para-hydroxylation sites is 1. The summed E-state index contributed by atoms with van der Waals surface area (Å²) >= 11 is 0. The van der Waals surface area contributed by atoms with Crippen LogP contribution in [0.25, 0.3) is 0 Å². The molecule has 0 aliphatic heterocycles. The van der Waals surface area contributed by atoms with E-state index in [4.69, 9.17) is 11.2 Å². The molecule has 17 heavy (non-hydrogen) atoms. The second-order valence-electron chi connectivity index (χ2n) is 5.78. The standard InChI is InChI=1S/C16H22O/c1-7-13-9-8-10-14(16(4,5)6)15(13)17-11-12(2)3/h1,8-10,12H,11H2,2-6H3. The quantitative estimate of drug-likeness (QED) is 0.713. The maximum Gasteiger partial charge on any atom is 0.138 e. The van der Waals surface area contributed by atoms with Gasteiger partial charge < -0.3 is 4.74 Å². The van der Waals surface area contributed by atoms with Crippen molar-refractivity contribution < 1.29 is 4.74 Å². The summed E-state index contributed by atoms with van der Waals surface area (Å²) in [5.41, 5.74) is 2.06. The van der Waals surface area contributed by atoms with Crippen molar-refractivity contribution in [2.45, 2.75) is 40.0 Å². The van der Waals surface area contributed by atoms with E-state index >= 15 is 0 Å². The molecule has 0 heterocycles. The minimum absolute atomic E-state index is 0.0408. The molecule has 0 aliphatic carbocycles. The molecule has 0 unspecified atom stereocenters. The lowest BCUT2D eigenvalue weighted by Gasteiger charge is -2.24. The summed E-state index contributed by atoms with van der Waals surface area (Å²) in [4.78, 5) is 0. The lowest BCUT2D eigenvalue weighted by atomic mass is 9.85. The number of hydrogen-bond donors (Lipinski definition) is 0. The second kappa shape index (κ2) is 5.27.